The van der Waals surface area contributed by atoms with Gasteiger partial charge in [-0.3, -0.25) is 14.8 Å². The molecule has 0 unspecified atom stereocenters. The van der Waals surface area contributed by atoms with Crippen LogP contribution in [0, 0.1) is 0 Å². The average molecular weight is 383 g/mol. The number of carboxylic acid groups (broad SMARTS) is 1. The Bertz CT molecular complexity index is 522. The molecule has 0 aromatic heterocycles. The van der Waals surface area contributed by atoms with Crippen molar-refractivity contribution in [3.63, 3.8) is 0 Å². The van der Waals surface area contributed by atoms with E-state index < -0.39 is 18.4 Å². The third-order valence-corrected chi connectivity index (χ3v) is 2.10. The number of phenolic OH excluding ortho intramolecular Hbond substituents is 1. The third kappa shape index (κ3) is 10.2. The molecule has 0 fully saturated rings. The van der Waals surface area contributed by atoms with Crippen molar-refractivity contribution in [1.82, 2.24) is 0 Å². The average Bonchev–Trinajstić information content (AvgIpc) is 2.38. The molecule has 0 bridgehead atoms. The van der Waals surface area contributed by atoms with Crippen molar-refractivity contribution >= 4 is 18.1 Å². The molecule has 10 nitrogen and oxygen atoms in total. The van der Waals surface area contributed by atoms with Crippen molar-refractivity contribution in [3.8, 4) is 11.5 Å². The molecule has 0 atom stereocenters. The Labute approximate surface area is 142 Å². The normalized spacial score (nSPS) is 9.70. The number of para-hydroxylation sites is 1. The van der Waals surface area contributed by atoms with E-state index in [-0.39, 0.29) is 45.8 Å². The minimum Gasteiger partial charge on any atom is -0.861 e. The molecule has 1 aromatic carbocycles. The van der Waals surface area contributed by atoms with Crippen LogP contribution in [-0.4, -0.2) is 64.9 Å². The van der Waals surface area contributed by atoms with Crippen LogP contribution in [0.1, 0.15) is 5.56 Å². The van der Waals surface area contributed by atoms with Crippen molar-refractivity contribution in [1.29, 1.82) is 0 Å². The van der Waals surface area contributed by atoms with E-state index in [1.807, 2.05) is 0 Å². The quantitative estimate of drug-likeness (QED) is 0.302. The Morgan fingerprint density at radius 3 is 2.43 bits per heavy atom. The molecule has 0 aliphatic heterocycles. The molecule has 0 heterocycles. The molecule has 0 aliphatic carbocycles. The molecule has 23 heavy (non-hydrogen) atoms. The number of rotatable bonds is 6. The molecule has 11 heteroatoms. The van der Waals surface area contributed by atoms with E-state index in [2.05, 4.69) is 9.98 Å². The molecule has 0 radical (unpaired) electrons. The number of benzene rings is 1. The van der Waals surface area contributed by atoms with Gasteiger partial charge < -0.3 is 36.5 Å². The fourth-order valence-electron chi connectivity index (χ4n) is 1.24. The van der Waals surface area contributed by atoms with E-state index in [0.717, 1.165) is 0 Å². The molecule has 1 rings (SSSR count). The second kappa shape index (κ2) is 14.8. The zero-order chi connectivity index (χ0) is 14.3. The summed E-state index contributed by atoms with van der Waals surface area (Å²) in [6.07, 6.45) is 1.30. The molecular formula is C12H19CuN2O8. The summed E-state index contributed by atoms with van der Waals surface area (Å²) in [5, 5.41) is 29.2. The summed E-state index contributed by atoms with van der Waals surface area (Å²) in [6.45, 7) is -0.845. The molecular weight excluding hydrogens is 364 g/mol. The minimum atomic E-state index is -1.18. The van der Waals surface area contributed by atoms with Gasteiger partial charge in [0.05, 0.1) is 13.7 Å². The van der Waals surface area contributed by atoms with Crippen molar-refractivity contribution in [2.24, 2.45) is 9.98 Å². The van der Waals surface area contributed by atoms with Gasteiger partial charge in [0.1, 0.15) is 6.54 Å². The number of aliphatic imine (C=N–C) groups is 2. The van der Waals surface area contributed by atoms with Crippen LogP contribution in [0.15, 0.2) is 28.2 Å². The summed E-state index contributed by atoms with van der Waals surface area (Å²) >= 11 is 0. The summed E-state index contributed by atoms with van der Waals surface area (Å²) in [6, 6.07) is 4.84. The predicted molar refractivity (Wildman–Crippen MR) is 77.9 cm³/mol. The number of carbonyl (C=O) groups is 1. The maximum Gasteiger partial charge on any atom is 1.00 e. The molecule has 1 aromatic rings. The molecule has 8 N–H and O–H groups in total. The standard InChI is InChI=1S/C12H14N2O5.Cu.3H2O/c1-19-9-4-2-3-8(12(9)18)5-13-6-10(15)14-7-11(16)17;;;;/h2-5,18H,6-7H2,1H3,(H,14,15)(H,16,17);;3*1H2/q;+1;;;/p-1. The van der Waals surface area contributed by atoms with Crippen molar-refractivity contribution in [2.45, 2.75) is 0 Å². The molecule has 0 saturated carbocycles. The van der Waals surface area contributed by atoms with Gasteiger partial charge in [-0.2, -0.15) is 0 Å². The minimum absolute atomic E-state index is 0. The smallest absolute Gasteiger partial charge is 0.861 e. The van der Waals surface area contributed by atoms with Gasteiger partial charge in [-0.05, 0) is 18.0 Å². The first kappa shape index (κ1) is 28.9. The van der Waals surface area contributed by atoms with Crippen LogP contribution in [-0.2, 0) is 21.9 Å². The fourth-order valence-corrected chi connectivity index (χ4v) is 1.24. The van der Waals surface area contributed by atoms with E-state index in [1.54, 1.807) is 18.2 Å². The van der Waals surface area contributed by atoms with Crippen LogP contribution < -0.4 is 9.84 Å². The topological polar surface area (TPSA) is 209 Å². The number of methoxy groups -OCH3 is 1. The van der Waals surface area contributed by atoms with Gasteiger partial charge >= 0.3 is 23.0 Å². The maximum absolute atomic E-state index is 11.1. The fraction of sp³-hybridized carbons (Fsp3) is 0.250. The number of phenols is 1. The van der Waals surface area contributed by atoms with Gasteiger partial charge in [-0.15, -0.1) is 0 Å². The first-order chi connectivity index (χ1) is 9.04. The predicted octanol–water partition coefficient (Wildman–Crippen LogP) is -2.81. The van der Waals surface area contributed by atoms with Gasteiger partial charge in [0, 0.05) is 11.8 Å². The van der Waals surface area contributed by atoms with Crippen LogP contribution >= 0.6 is 0 Å². The summed E-state index contributed by atoms with van der Waals surface area (Å²) in [7, 11) is 1.42. The zero-order valence-corrected chi connectivity index (χ0v) is 13.0. The van der Waals surface area contributed by atoms with Crippen LogP contribution in [0.3, 0.4) is 0 Å². The van der Waals surface area contributed by atoms with Crippen LogP contribution in [0.4, 0.5) is 0 Å². The maximum atomic E-state index is 11.1. The van der Waals surface area contributed by atoms with E-state index in [0.29, 0.717) is 11.3 Å². The number of ether oxygens (including phenoxy) is 1. The van der Waals surface area contributed by atoms with Crippen LogP contribution in [0.5, 0.6) is 11.5 Å². The summed E-state index contributed by atoms with van der Waals surface area (Å²) in [5.74, 6) is -1.60. The van der Waals surface area contributed by atoms with E-state index in [1.165, 1.54) is 13.3 Å². The summed E-state index contributed by atoms with van der Waals surface area (Å²) in [4.78, 5) is 17.2. The van der Waals surface area contributed by atoms with Crippen molar-refractivity contribution in [3.05, 3.63) is 23.8 Å². The van der Waals surface area contributed by atoms with Gasteiger partial charge in [-0.25, -0.2) is 0 Å². The molecule has 0 spiro atoms. The van der Waals surface area contributed by atoms with E-state index in [9.17, 15) is 15.0 Å². The number of hydrogen-bond donors (Lipinski definition) is 2. The Hall–Kier alpha value is -2.17. The third-order valence-electron chi connectivity index (χ3n) is 2.10. The molecule has 0 saturated heterocycles. The number of nitrogens with zero attached hydrogens (tertiary/aromatic N) is 2. The first-order valence-corrected chi connectivity index (χ1v) is 5.32. The van der Waals surface area contributed by atoms with E-state index >= 15 is 0 Å². The van der Waals surface area contributed by atoms with Crippen LogP contribution in [0.25, 0.3) is 0 Å². The summed E-state index contributed by atoms with van der Waals surface area (Å²) in [5.41, 5.74) is 0.394. The van der Waals surface area contributed by atoms with Crippen LogP contribution in [0.2, 0.25) is 0 Å². The Kier molecular flexibility index (Phi) is 18.5. The second-order valence-corrected chi connectivity index (χ2v) is 3.47. The SMILES string of the molecule is COc1cccc(C=NCC([O-])=NCC(=O)O)c1O.O.O.O.[Cu+]. The number of hydrogen-bond acceptors (Lipinski definition) is 6. The Morgan fingerprint density at radius 2 is 1.91 bits per heavy atom. The molecule has 0 amide bonds. The molecule has 0 aliphatic rings. The van der Waals surface area contributed by atoms with Gasteiger partial charge in [0.25, 0.3) is 0 Å². The van der Waals surface area contributed by atoms with Gasteiger partial charge in [0.2, 0.25) is 0 Å². The Morgan fingerprint density at radius 1 is 1.30 bits per heavy atom. The Balaban J connectivity index is -0.000000451. The monoisotopic (exact) mass is 382 g/mol. The van der Waals surface area contributed by atoms with E-state index in [4.69, 9.17) is 9.84 Å². The number of aromatic hydroxyl groups is 1. The number of carboxylic acids is 1. The largest absolute Gasteiger partial charge is 1.00 e. The molecule has 136 valence electrons. The van der Waals surface area contributed by atoms with Crippen molar-refractivity contribution < 1.29 is 58.3 Å². The van der Waals surface area contributed by atoms with Crippen molar-refractivity contribution in [2.75, 3.05) is 20.2 Å². The number of aliphatic carboxylic acids is 1. The zero-order valence-electron chi connectivity index (χ0n) is 12.0. The second-order valence-electron chi connectivity index (χ2n) is 3.47. The van der Waals surface area contributed by atoms with Gasteiger partial charge in [-0.1, -0.05) is 6.07 Å². The van der Waals surface area contributed by atoms with Gasteiger partial charge in [0.15, 0.2) is 11.5 Å². The first-order valence-electron chi connectivity index (χ1n) is 5.32. The summed E-state index contributed by atoms with van der Waals surface area (Å²) < 4.78 is 4.92.